The molecule has 0 atom stereocenters. The van der Waals surface area contributed by atoms with Crippen LogP contribution < -0.4 is 10.6 Å². The first-order valence-corrected chi connectivity index (χ1v) is 5.71. The third kappa shape index (κ3) is 1.23. The third-order valence-electron chi connectivity index (χ3n) is 3.09. The van der Waals surface area contributed by atoms with Crippen LogP contribution in [-0.2, 0) is 4.79 Å². The van der Waals surface area contributed by atoms with Gasteiger partial charge in [0, 0.05) is 11.6 Å². The van der Waals surface area contributed by atoms with Gasteiger partial charge in [0.05, 0.1) is 5.36 Å². The van der Waals surface area contributed by atoms with E-state index < -0.39 is 0 Å². The van der Waals surface area contributed by atoms with Gasteiger partial charge in [0.25, 0.3) is 0 Å². The maximum absolute atomic E-state index is 11.3. The van der Waals surface area contributed by atoms with Crippen molar-refractivity contribution in [2.24, 2.45) is 4.99 Å². The largest absolute Gasteiger partial charge is 0.452 e. The average Bonchev–Trinajstić information content (AvgIpc) is 2.82. The van der Waals surface area contributed by atoms with Crippen molar-refractivity contribution in [2.45, 2.75) is 6.42 Å². The molecule has 1 amide bonds. The minimum absolute atomic E-state index is 0.121. The second-order valence-electron chi connectivity index (χ2n) is 4.25. The Morgan fingerprint density at radius 3 is 3.06 bits per heavy atom. The maximum Gasteiger partial charge on any atom is 0.250 e. The number of fused-ring (bicyclic) bond motifs is 4. The maximum atomic E-state index is 11.3. The quantitative estimate of drug-likeness (QED) is 0.590. The van der Waals surface area contributed by atoms with Crippen LogP contribution in [0.25, 0.3) is 28.6 Å². The van der Waals surface area contributed by atoms with E-state index in [-0.39, 0.29) is 5.91 Å². The van der Waals surface area contributed by atoms with Gasteiger partial charge >= 0.3 is 0 Å². The van der Waals surface area contributed by atoms with E-state index >= 15 is 0 Å². The molecule has 0 saturated carbocycles. The van der Waals surface area contributed by atoms with E-state index in [0.717, 1.165) is 22.2 Å². The fraction of sp³-hybridized carbons (Fsp3) is 0.0714. The second-order valence-corrected chi connectivity index (χ2v) is 4.25. The molecule has 0 N–H and O–H groups in total. The molecule has 0 spiro atoms. The highest BCUT2D eigenvalue weighted by Gasteiger charge is 2.12. The van der Waals surface area contributed by atoms with Gasteiger partial charge in [0.15, 0.2) is 11.3 Å². The first kappa shape index (κ1) is 9.53. The number of hydrogen-bond donors (Lipinski definition) is 0. The Morgan fingerprint density at radius 1 is 1.17 bits per heavy atom. The number of nitrogens with zero attached hydrogens (tertiary/aromatic N) is 2. The fourth-order valence-corrected chi connectivity index (χ4v) is 2.25. The van der Waals surface area contributed by atoms with Crippen LogP contribution in [0.15, 0.2) is 39.7 Å². The van der Waals surface area contributed by atoms with Gasteiger partial charge in [-0.05, 0) is 24.3 Å². The van der Waals surface area contributed by atoms with Crippen molar-refractivity contribution in [1.29, 1.82) is 0 Å². The topological polar surface area (TPSA) is 55.5 Å². The zero-order chi connectivity index (χ0) is 12.1. The molecule has 0 unspecified atom stereocenters. The number of aromatic nitrogens is 1. The molecule has 4 heteroatoms. The van der Waals surface area contributed by atoms with Gasteiger partial charge in [-0.3, -0.25) is 4.79 Å². The van der Waals surface area contributed by atoms with Gasteiger partial charge < -0.3 is 4.42 Å². The summed E-state index contributed by atoms with van der Waals surface area (Å²) in [7, 11) is 0. The minimum atomic E-state index is -0.121. The van der Waals surface area contributed by atoms with Crippen LogP contribution in [0.4, 0.5) is 0 Å². The molecule has 2 heterocycles. The number of benzene rings is 1. The summed E-state index contributed by atoms with van der Waals surface area (Å²) < 4.78 is 5.85. The van der Waals surface area contributed by atoms with Crippen molar-refractivity contribution in [1.82, 2.24) is 4.98 Å². The minimum Gasteiger partial charge on any atom is -0.452 e. The van der Waals surface area contributed by atoms with E-state index in [1.165, 1.54) is 0 Å². The van der Waals surface area contributed by atoms with Crippen molar-refractivity contribution in [3.05, 3.63) is 40.9 Å². The fourth-order valence-electron chi connectivity index (χ4n) is 2.25. The van der Waals surface area contributed by atoms with Crippen molar-refractivity contribution < 1.29 is 9.21 Å². The van der Waals surface area contributed by atoms with Crippen LogP contribution in [0.5, 0.6) is 0 Å². The number of rotatable bonds is 0. The highest BCUT2D eigenvalue weighted by molar-refractivity contribution is 5.86. The third-order valence-corrected chi connectivity index (χ3v) is 3.09. The van der Waals surface area contributed by atoms with Crippen LogP contribution >= 0.6 is 0 Å². The molecule has 2 aliphatic heterocycles. The van der Waals surface area contributed by atoms with Crippen molar-refractivity contribution in [3.63, 3.8) is 0 Å². The lowest BCUT2D eigenvalue weighted by molar-refractivity contribution is -0.117. The molecule has 0 saturated heterocycles. The summed E-state index contributed by atoms with van der Waals surface area (Å²) in [5, 5.41) is 1.53. The highest BCUT2D eigenvalue weighted by atomic mass is 16.3. The van der Waals surface area contributed by atoms with Crippen LogP contribution in [0.2, 0.25) is 0 Å². The first-order valence-electron chi connectivity index (χ1n) is 5.71. The molecule has 0 bridgehead atoms. The number of carbonyl (C=O) groups excluding carboxylic acids is 1. The second kappa shape index (κ2) is 3.26. The summed E-state index contributed by atoms with van der Waals surface area (Å²) in [6.45, 7) is 0. The van der Waals surface area contributed by atoms with Gasteiger partial charge in [-0.15, -0.1) is 0 Å². The molecule has 1 aromatic rings. The SMILES string of the molecule is O=C1CC=c2c(ccc3nc4cccc-4oc23)=N1. The average molecular weight is 236 g/mol. The lowest BCUT2D eigenvalue weighted by Crippen LogP contribution is -2.30. The van der Waals surface area contributed by atoms with Crippen molar-refractivity contribution >= 4 is 23.1 Å². The van der Waals surface area contributed by atoms with E-state index in [4.69, 9.17) is 4.42 Å². The Balaban J connectivity index is 2.25. The molecule has 4 rings (SSSR count). The molecular weight excluding hydrogens is 228 g/mol. The van der Waals surface area contributed by atoms with Gasteiger partial charge in [-0.25, -0.2) is 9.98 Å². The van der Waals surface area contributed by atoms with E-state index in [9.17, 15) is 4.79 Å². The van der Waals surface area contributed by atoms with Gasteiger partial charge in [-0.1, -0.05) is 12.1 Å². The molecule has 4 nitrogen and oxygen atoms in total. The Hall–Kier alpha value is -2.49. The zero-order valence-electron chi connectivity index (χ0n) is 9.38. The van der Waals surface area contributed by atoms with Crippen LogP contribution in [0, 0.1) is 0 Å². The van der Waals surface area contributed by atoms with Crippen LogP contribution in [0.3, 0.4) is 0 Å². The predicted molar refractivity (Wildman–Crippen MR) is 65.5 cm³/mol. The Kier molecular flexibility index (Phi) is 1.73. The van der Waals surface area contributed by atoms with E-state index in [1.54, 1.807) is 0 Å². The molecule has 86 valence electrons. The number of hydrogen-bond acceptors (Lipinski definition) is 3. The van der Waals surface area contributed by atoms with Crippen molar-refractivity contribution in [2.75, 3.05) is 0 Å². The molecular formula is C14H8N2O2. The summed E-state index contributed by atoms with van der Waals surface area (Å²) in [5.41, 5.74) is 2.32. The molecule has 3 aliphatic rings. The standard InChI is InChI=1S/C14H8N2O2/c17-13-7-4-8-9(16-13)5-6-11-14(8)18-12-3-1-2-10(12)15-11/h1-6H,7H2. The summed E-state index contributed by atoms with van der Waals surface area (Å²) in [6.07, 6.45) is 2.17. The number of amides is 1. The Labute approximate surface area is 102 Å². The van der Waals surface area contributed by atoms with Gasteiger partial charge in [0.2, 0.25) is 5.91 Å². The number of carbonyl (C=O) groups is 1. The van der Waals surface area contributed by atoms with Crippen molar-refractivity contribution in [3.8, 4) is 11.5 Å². The lowest BCUT2D eigenvalue weighted by Gasteiger charge is -2.05. The summed E-state index contributed by atoms with van der Waals surface area (Å²) in [4.78, 5) is 19.8. The van der Waals surface area contributed by atoms with E-state index in [2.05, 4.69) is 9.98 Å². The molecule has 1 aliphatic carbocycles. The Morgan fingerprint density at radius 2 is 2.11 bits per heavy atom. The zero-order valence-corrected chi connectivity index (χ0v) is 9.38. The summed E-state index contributed by atoms with van der Waals surface area (Å²) in [5.74, 6) is 0.630. The summed E-state index contributed by atoms with van der Waals surface area (Å²) >= 11 is 0. The molecule has 0 aromatic heterocycles. The molecule has 18 heavy (non-hydrogen) atoms. The van der Waals surface area contributed by atoms with Gasteiger partial charge in [-0.2, -0.15) is 0 Å². The first-order chi connectivity index (χ1) is 8.81. The Bertz CT molecular complexity index is 877. The normalized spacial score (nSPS) is 14.3. The molecule has 0 fully saturated rings. The highest BCUT2D eigenvalue weighted by Crippen LogP contribution is 2.23. The predicted octanol–water partition coefficient (Wildman–Crippen LogP) is 1.26. The van der Waals surface area contributed by atoms with Crippen LogP contribution in [-0.4, -0.2) is 10.9 Å². The molecule has 1 aromatic carbocycles. The van der Waals surface area contributed by atoms with E-state index in [0.29, 0.717) is 17.4 Å². The van der Waals surface area contributed by atoms with E-state index in [1.807, 2.05) is 36.4 Å². The molecule has 0 radical (unpaired) electrons. The smallest absolute Gasteiger partial charge is 0.250 e. The van der Waals surface area contributed by atoms with Crippen LogP contribution in [0.1, 0.15) is 6.42 Å². The monoisotopic (exact) mass is 236 g/mol. The van der Waals surface area contributed by atoms with Gasteiger partial charge in [0.1, 0.15) is 11.2 Å². The lowest BCUT2D eigenvalue weighted by atomic mass is 10.1. The summed E-state index contributed by atoms with van der Waals surface area (Å²) in [6, 6.07) is 9.34.